The van der Waals surface area contributed by atoms with Gasteiger partial charge in [0.15, 0.2) is 0 Å². The minimum atomic E-state index is 0.00602. The molecule has 0 saturated carbocycles. The van der Waals surface area contributed by atoms with E-state index in [1.807, 2.05) is 48.4 Å². The third-order valence-electron chi connectivity index (χ3n) is 3.11. The molecule has 100 valence electrons. The summed E-state index contributed by atoms with van der Waals surface area (Å²) in [5, 5.41) is 2.02. The van der Waals surface area contributed by atoms with Gasteiger partial charge in [0.1, 0.15) is 0 Å². The van der Waals surface area contributed by atoms with Crippen LogP contribution in [0.4, 0.5) is 5.69 Å². The molecule has 19 heavy (non-hydrogen) atoms. The minimum absolute atomic E-state index is 0.00602. The zero-order valence-corrected chi connectivity index (χ0v) is 12.0. The highest BCUT2D eigenvalue weighted by Gasteiger charge is 2.19. The summed E-state index contributed by atoms with van der Waals surface area (Å²) in [5.74, 6) is 0.00602. The van der Waals surface area contributed by atoms with Gasteiger partial charge in [0.05, 0.1) is 12.1 Å². The molecule has 2 aromatic rings. The predicted molar refractivity (Wildman–Crippen MR) is 80.3 cm³/mol. The molecule has 1 aromatic heterocycles. The molecule has 0 fully saturated rings. The van der Waals surface area contributed by atoms with Gasteiger partial charge in [0.2, 0.25) is 0 Å². The van der Waals surface area contributed by atoms with Crippen LogP contribution in [0.3, 0.4) is 0 Å². The number of rotatable bonds is 4. The molecule has 0 saturated heterocycles. The minimum Gasteiger partial charge on any atom is -0.398 e. The molecule has 0 unspecified atom stereocenters. The van der Waals surface area contributed by atoms with E-state index >= 15 is 0 Å². The highest BCUT2D eigenvalue weighted by Crippen LogP contribution is 2.20. The number of benzene rings is 1. The largest absolute Gasteiger partial charge is 0.398 e. The van der Waals surface area contributed by atoms with Crippen LogP contribution in [0.15, 0.2) is 35.7 Å². The fraction of sp³-hybridized carbons (Fsp3) is 0.267. The molecule has 2 rings (SSSR count). The average molecular weight is 274 g/mol. The predicted octanol–water partition coefficient (Wildman–Crippen LogP) is 3.30. The van der Waals surface area contributed by atoms with E-state index in [0.29, 0.717) is 24.3 Å². The molecule has 0 aliphatic carbocycles. The molecular formula is C15H18N2OS. The number of nitrogens with two attached hydrogens (primary N) is 1. The summed E-state index contributed by atoms with van der Waals surface area (Å²) in [6, 6.07) is 9.61. The first-order valence-electron chi connectivity index (χ1n) is 6.30. The third kappa shape index (κ3) is 2.96. The van der Waals surface area contributed by atoms with Gasteiger partial charge in [-0.15, -0.1) is 11.3 Å². The van der Waals surface area contributed by atoms with Crippen LogP contribution >= 0.6 is 11.3 Å². The molecule has 0 aliphatic heterocycles. The Hall–Kier alpha value is -1.81. The summed E-state index contributed by atoms with van der Waals surface area (Å²) >= 11 is 1.66. The third-order valence-corrected chi connectivity index (χ3v) is 3.98. The lowest BCUT2D eigenvalue weighted by molar-refractivity contribution is 0.0754. The average Bonchev–Trinajstić information content (AvgIpc) is 2.88. The van der Waals surface area contributed by atoms with Crippen molar-refractivity contribution in [2.24, 2.45) is 0 Å². The Kier molecular flexibility index (Phi) is 4.22. The van der Waals surface area contributed by atoms with Crippen LogP contribution in [0.5, 0.6) is 0 Å². The molecule has 0 spiro atoms. The molecule has 1 aromatic carbocycles. The first kappa shape index (κ1) is 13.6. The van der Waals surface area contributed by atoms with Gasteiger partial charge in [-0.1, -0.05) is 18.2 Å². The Labute approximate surface area is 117 Å². The molecule has 4 heteroatoms. The number of hydrogen-bond donors (Lipinski definition) is 1. The summed E-state index contributed by atoms with van der Waals surface area (Å²) < 4.78 is 0. The van der Waals surface area contributed by atoms with E-state index in [-0.39, 0.29) is 5.91 Å². The maximum atomic E-state index is 12.6. The van der Waals surface area contributed by atoms with Gasteiger partial charge >= 0.3 is 0 Å². The van der Waals surface area contributed by atoms with E-state index in [0.717, 1.165) is 5.56 Å². The zero-order valence-electron chi connectivity index (χ0n) is 11.2. The second kappa shape index (κ2) is 5.89. The summed E-state index contributed by atoms with van der Waals surface area (Å²) in [6.07, 6.45) is 0. The van der Waals surface area contributed by atoms with Crippen molar-refractivity contribution >= 4 is 22.9 Å². The lowest BCUT2D eigenvalue weighted by atomic mass is 10.1. The number of nitrogen functional groups attached to an aromatic ring is 1. The Morgan fingerprint density at radius 3 is 2.68 bits per heavy atom. The second-order valence-corrected chi connectivity index (χ2v) is 5.47. The van der Waals surface area contributed by atoms with E-state index in [1.54, 1.807) is 17.4 Å². The normalized spacial score (nSPS) is 10.4. The monoisotopic (exact) mass is 274 g/mol. The molecule has 2 N–H and O–H groups in total. The Balaban J connectivity index is 2.26. The second-order valence-electron chi connectivity index (χ2n) is 4.44. The van der Waals surface area contributed by atoms with Gasteiger partial charge in [-0.25, -0.2) is 0 Å². The maximum Gasteiger partial charge on any atom is 0.256 e. The molecule has 0 aliphatic rings. The smallest absolute Gasteiger partial charge is 0.256 e. The van der Waals surface area contributed by atoms with E-state index in [9.17, 15) is 4.79 Å². The summed E-state index contributed by atoms with van der Waals surface area (Å²) in [4.78, 5) is 15.6. The van der Waals surface area contributed by atoms with E-state index < -0.39 is 0 Å². The number of carbonyl (C=O) groups is 1. The number of nitrogens with zero attached hydrogens (tertiary/aromatic N) is 1. The van der Waals surface area contributed by atoms with Gasteiger partial charge < -0.3 is 10.6 Å². The van der Waals surface area contributed by atoms with Gasteiger partial charge in [-0.05, 0) is 36.9 Å². The van der Waals surface area contributed by atoms with Crippen LogP contribution in [0, 0.1) is 6.92 Å². The Morgan fingerprint density at radius 1 is 1.32 bits per heavy atom. The van der Waals surface area contributed by atoms with Crippen LogP contribution in [0.1, 0.15) is 27.7 Å². The number of hydrogen-bond acceptors (Lipinski definition) is 3. The maximum absolute atomic E-state index is 12.6. The number of aryl methyl sites for hydroxylation is 1. The van der Waals surface area contributed by atoms with Crippen molar-refractivity contribution in [3.8, 4) is 0 Å². The molecule has 0 bridgehead atoms. The Morgan fingerprint density at radius 2 is 2.11 bits per heavy atom. The topological polar surface area (TPSA) is 46.3 Å². The van der Waals surface area contributed by atoms with Crippen molar-refractivity contribution in [2.45, 2.75) is 20.4 Å². The van der Waals surface area contributed by atoms with Gasteiger partial charge in [-0.2, -0.15) is 0 Å². The van der Waals surface area contributed by atoms with Crippen LogP contribution in [0.25, 0.3) is 0 Å². The summed E-state index contributed by atoms with van der Waals surface area (Å²) in [5.41, 5.74) is 8.05. The number of thiophene rings is 1. The first-order chi connectivity index (χ1) is 9.13. The molecule has 1 heterocycles. The number of carbonyl (C=O) groups excluding carboxylic acids is 1. The molecule has 0 atom stereocenters. The van der Waals surface area contributed by atoms with E-state index in [2.05, 4.69) is 0 Å². The fourth-order valence-corrected chi connectivity index (χ4v) is 2.78. The fourth-order valence-electron chi connectivity index (χ4n) is 2.06. The van der Waals surface area contributed by atoms with Gasteiger partial charge in [-0.3, -0.25) is 4.79 Å². The van der Waals surface area contributed by atoms with Crippen LogP contribution in [-0.2, 0) is 6.54 Å². The summed E-state index contributed by atoms with van der Waals surface area (Å²) in [7, 11) is 0. The highest BCUT2D eigenvalue weighted by atomic mass is 32.1. The SMILES string of the molecule is CCN(Cc1cccs1)C(=O)c1c(C)cccc1N. The lowest BCUT2D eigenvalue weighted by Gasteiger charge is -2.22. The molecular weight excluding hydrogens is 256 g/mol. The van der Waals surface area contributed by atoms with Crippen molar-refractivity contribution in [3.05, 3.63) is 51.7 Å². The van der Waals surface area contributed by atoms with Crippen molar-refractivity contribution in [2.75, 3.05) is 12.3 Å². The number of anilines is 1. The quantitative estimate of drug-likeness (QED) is 0.869. The van der Waals surface area contributed by atoms with Crippen molar-refractivity contribution < 1.29 is 4.79 Å². The first-order valence-corrected chi connectivity index (χ1v) is 7.18. The van der Waals surface area contributed by atoms with Gasteiger partial charge in [0, 0.05) is 17.1 Å². The Bertz CT molecular complexity index is 543. The van der Waals surface area contributed by atoms with Gasteiger partial charge in [0.25, 0.3) is 5.91 Å². The molecule has 3 nitrogen and oxygen atoms in total. The zero-order chi connectivity index (χ0) is 13.8. The highest BCUT2D eigenvalue weighted by molar-refractivity contribution is 7.09. The van der Waals surface area contributed by atoms with E-state index in [4.69, 9.17) is 5.73 Å². The standard InChI is InChI=1S/C15H18N2OS/c1-3-17(10-12-7-5-9-19-12)15(18)14-11(2)6-4-8-13(14)16/h4-9H,3,10,16H2,1-2H3. The molecule has 1 amide bonds. The summed E-state index contributed by atoms with van der Waals surface area (Å²) in [6.45, 7) is 5.22. The van der Waals surface area contributed by atoms with E-state index in [1.165, 1.54) is 4.88 Å². The lowest BCUT2D eigenvalue weighted by Crippen LogP contribution is -2.31. The molecule has 0 radical (unpaired) electrons. The van der Waals surface area contributed by atoms with Crippen LogP contribution < -0.4 is 5.73 Å². The van der Waals surface area contributed by atoms with Crippen LogP contribution in [0.2, 0.25) is 0 Å². The van der Waals surface area contributed by atoms with Crippen LogP contribution in [-0.4, -0.2) is 17.4 Å². The van der Waals surface area contributed by atoms with Crippen molar-refractivity contribution in [1.82, 2.24) is 4.90 Å². The van der Waals surface area contributed by atoms with Crippen molar-refractivity contribution in [1.29, 1.82) is 0 Å². The number of amides is 1. The van der Waals surface area contributed by atoms with Crippen molar-refractivity contribution in [3.63, 3.8) is 0 Å².